The Bertz CT molecular complexity index is 1500. The second-order valence-electron chi connectivity index (χ2n) is 9.09. The van der Waals surface area contributed by atoms with Crippen molar-refractivity contribution in [3.8, 4) is 0 Å². The number of ketones is 1. The predicted molar refractivity (Wildman–Crippen MR) is 135 cm³/mol. The highest BCUT2D eigenvalue weighted by molar-refractivity contribution is 6.30. The molecule has 3 aliphatic heterocycles. The van der Waals surface area contributed by atoms with Gasteiger partial charge in [0.15, 0.2) is 5.78 Å². The van der Waals surface area contributed by atoms with Crippen LogP contribution < -0.4 is 4.90 Å². The average molecular weight is 514 g/mol. The van der Waals surface area contributed by atoms with Crippen LogP contribution in [0.5, 0.6) is 0 Å². The molecule has 0 aromatic heterocycles. The summed E-state index contributed by atoms with van der Waals surface area (Å²) in [4.78, 5) is 55.4. The topological polar surface area (TPSA) is 96.3 Å². The number of rotatable bonds is 4. The number of hydrazone groups is 1. The summed E-state index contributed by atoms with van der Waals surface area (Å²) in [7, 11) is 1.23. The maximum atomic E-state index is 14.0. The number of para-hydroxylation sites is 1. The predicted octanol–water partition coefficient (Wildman–Crippen LogP) is 3.89. The molecule has 37 heavy (non-hydrogen) atoms. The number of halogens is 1. The van der Waals surface area contributed by atoms with Crippen molar-refractivity contribution in [2.75, 3.05) is 12.0 Å². The third-order valence-corrected chi connectivity index (χ3v) is 7.49. The van der Waals surface area contributed by atoms with E-state index < -0.39 is 41.7 Å². The first-order valence-electron chi connectivity index (χ1n) is 11.7. The molecule has 0 unspecified atom stereocenters. The molecule has 3 aromatic rings. The highest BCUT2D eigenvalue weighted by Crippen LogP contribution is 2.53. The van der Waals surface area contributed by atoms with Gasteiger partial charge in [-0.25, -0.2) is 9.69 Å². The SMILES string of the molecule is COC(=O)c1ccccc1N1C(=O)[C@@H]2[C@@H](C1=O)[C@H]1c3ccccc3C=NN1[C@@H]2C(=O)c1ccc(Cl)cc1. The third-order valence-electron chi connectivity index (χ3n) is 7.24. The summed E-state index contributed by atoms with van der Waals surface area (Å²) >= 11 is 6.03. The number of amides is 2. The Kier molecular flexibility index (Phi) is 5.42. The van der Waals surface area contributed by atoms with Crippen molar-refractivity contribution >= 4 is 47.1 Å². The molecule has 3 aliphatic rings. The smallest absolute Gasteiger partial charge is 0.339 e. The molecule has 0 spiro atoms. The Balaban J connectivity index is 1.50. The number of hydrogen-bond acceptors (Lipinski definition) is 7. The number of Topliss-reactive ketones (excluding diaryl/α,β-unsaturated/α-hetero) is 1. The van der Waals surface area contributed by atoms with Crippen LogP contribution in [0.1, 0.15) is 37.9 Å². The van der Waals surface area contributed by atoms with Crippen molar-refractivity contribution in [3.63, 3.8) is 0 Å². The molecule has 9 heteroatoms. The second kappa shape index (κ2) is 8.67. The van der Waals surface area contributed by atoms with Gasteiger partial charge in [0.1, 0.15) is 6.04 Å². The third kappa shape index (κ3) is 3.40. The first kappa shape index (κ1) is 23.1. The zero-order chi connectivity index (χ0) is 25.8. The standard InChI is InChI=1S/C28H20ClN3O5/c1-37-28(36)19-8-4-5-9-20(19)31-26(34)21-22(27(31)35)24(25(33)15-10-12-17(29)13-11-15)32-23(21)18-7-3-2-6-16(18)14-30-32/h2-14,21-24H,1H3/t21-,22-,23-,24+/m1/s1. The molecular formula is C28H20ClN3O5. The van der Waals surface area contributed by atoms with Gasteiger partial charge < -0.3 is 4.74 Å². The van der Waals surface area contributed by atoms with Gasteiger partial charge in [0.2, 0.25) is 11.8 Å². The van der Waals surface area contributed by atoms with Crippen LogP contribution in [0.25, 0.3) is 0 Å². The zero-order valence-electron chi connectivity index (χ0n) is 19.6. The van der Waals surface area contributed by atoms with E-state index in [2.05, 4.69) is 5.10 Å². The molecule has 3 heterocycles. The molecule has 4 atom stereocenters. The van der Waals surface area contributed by atoms with E-state index in [0.717, 1.165) is 16.0 Å². The Hall–Kier alpha value is -4.30. The lowest BCUT2D eigenvalue weighted by atomic mass is 9.83. The number of hydrogen-bond donors (Lipinski definition) is 0. The molecule has 6 rings (SSSR count). The number of fused-ring (bicyclic) bond motifs is 5. The van der Waals surface area contributed by atoms with E-state index in [0.29, 0.717) is 10.6 Å². The largest absolute Gasteiger partial charge is 0.465 e. The fourth-order valence-corrected chi connectivity index (χ4v) is 5.77. The summed E-state index contributed by atoms with van der Waals surface area (Å²) < 4.78 is 4.88. The number of methoxy groups -OCH3 is 1. The second-order valence-corrected chi connectivity index (χ2v) is 9.52. The Labute approximate surface area is 217 Å². The lowest BCUT2D eigenvalue weighted by Gasteiger charge is -2.34. The van der Waals surface area contributed by atoms with Crippen molar-refractivity contribution < 1.29 is 23.9 Å². The van der Waals surface area contributed by atoms with Crippen molar-refractivity contribution in [1.82, 2.24) is 5.01 Å². The van der Waals surface area contributed by atoms with E-state index >= 15 is 0 Å². The first-order chi connectivity index (χ1) is 17.9. The van der Waals surface area contributed by atoms with Crippen LogP contribution in [-0.4, -0.2) is 47.9 Å². The average Bonchev–Trinajstić information content (AvgIpc) is 3.40. The van der Waals surface area contributed by atoms with Crippen LogP contribution in [0.15, 0.2) is 77.9 Å². The highest BCUT2D eigenvalue weighted by atomic mass is 35.5. The van der Waals surface area contributed by atoms with E-state index in [-0.39, 0.29) is 17.0 Å². The summed E-state index contributed by atoms with van der Waals surface area (Å²) in [6, 6.07) is 18.5. The van der Waals surface area contributed by atoms with Crippen LogP contribution in [0.4, 0.5) is 5.69 Å². The normalized spacial score (nSPS) is 23.5. The molecule has 0 bridgehead atoms. The maximum absolute atomic E-state index is 14.0. The Morgan fingerprint density at radius 1 is 0.892 bits per heavy atom. The van der Waals surface area contributed by atoms with E-state index in [1.165, 1.54) is 19.2 Å². The van der Waals surface area contributed by atoms with Gasteiger partial charge in [-0.1, -0.05) is 48.0 Å². The lowest BCUT2D eigenvalue weighted by Crippen LogP contribution is -2.45. The minimum Gasteiger partial charge on any atom is -0.465 e. The Morgan fingerprint density at radius 3 is 2.32 bits per heavy atom. The summed E-state index contributed by atoms with van der Waals surface area (Å²) in [6.07, 6.45) is 1.65. The molecule has 3 aromatic carbocycles. The van der Waals surface area contributed by atoms with Crippen molar-refractivity contribution in [1.29, 1.82) is 0 Å². The fourth-order valence-electron chi connectivity index (χ4n) is 5.64. The van der Waals surface area contributed by atoms with E-state index in [4.69, 9.17) is 16.3 Å². The van der Waals surface area contributed by atoms with Gasteiger partial charge in [0.25, 0.3) is 0 Å². The van der Waals surface area contributed by atoms with E-state index in [9.17, 15) is 19.2 Å². The quantitative estimate of drug-likeness (QED) is 0.298. The van der Waals surface area contributed by atoms with Gasteiger partial charge in [0.05, 0.1) is 42.5 Å². The highest BCUT2D eigenvalue weighted by Gasteiger charge is 2.65. The van der Waals surface area contributed by atoms with Crippen molar-refractivity contribution in [3.05, 3.63) is 100 Å². The van der Waals surface area contributed by atoms with Gasteiger partial charge in [-0.3, -0.25) is 19.4 Å². The molecule has 0 aliphatic carbocycles. The Morgan fingerprint density at radius 2 is 1.57 bits per heavy atom. The van der Waals surface area contributed by atoms with Crippen LogP contribution in [0.2, 0.25) is 5.02 Å². The van der Waals surface area contributed by atoms with Gasteiger partial charge in [-0.05, 0) is 47.5 Å². The number of carbonyl (C=O) groups is 4. The van der Waals surface area contributed by atoms with Gasteiger partial charge in [-0.15, -0.1) is 0 Å². The maximum Gasteiger partial charge on any atom is 0.339 e. The molecule has 8 nitrogen and oxygen atoms in total. The number of benzene rings is 3. The summed E-state index contributed by atoms with van der Waals surface area (Å²) in [5, 5.41) is 6.62. The molecule has 0 radical (unpaired) electrons. The summed E-state index contributed by atoms with van der Waals surface area (Å²) in [5.41, 5.74) is 2.21. The molecule has 2 fully saturated rings. The van der Waals surface area contributed by atoms with Gasteiger partial charge in [-0.2, -0.15) is 5.10 Å². The van der Waals surface area contributed by atoms with Gasteiger partial charge in [0, 0.05) is 10.6 Å². The number of anilines is 1. The number of esters is 1. The fraction of sp³-hybridized carbons (Fsp3) is 0.179. The van der Waals surface area contributed by atoms with Gasteiger partial charge >= 0.3 is 5.97 Å². The number of ether oxygens (including phenoxy) is 1. The number of imide groups is 1. The lowest BCUT2D eigenvalue weighted by molar-refractivity contribution is -0.124. The molecule has 0 N–H and O–H groups in total. The van der Waals surface area contributed by atoms with Crippen molar-refractivity contribution in [2.24, 2.45) is 16.9 Å². The van der Waals surface area contributed by atoms with Crippen LogP contribution in [0.3, 0.4) is 0 Å². The number of nitrogens with zero attached hydrogens (tertiary/aromatic N) is 3. The van der Waals surface area contributed by atoms with Crippen LogP contribution in [-0.2, 0) is 14.3 Å². The summed E-state index contributed by atoms with van der Waals surface area (Å²) in [6.45, 7) is 0. The zero-order valence-corrected chi connectivity index (χ0v) is 20.3. The molecule has 2 saturated heterocycles. The molecule has 0 saturated carbocycles. The summed E-state index contributed by atoms with van der Waals surface area (Å²) in [5.74, 6) is -3.93. The molecule has 184 valence electrons. The minimum absolute atomic E-state index is 0.0890. The monoisotopic (exact) mass is 513 g/mol. The molecular weight excluding hydrogens is 494 g/mol. The molecule has 2 amide bonds. The minimum atomic E-state index is -1.02. The van der Waals surface area contributed by atoms with Crippen LogP contribution in [0, 0.1) is 11.8 Å². The van der Waals surface area contributed by atoms with Crippen LogP contribution >= 0.6 is 11.6 Å². The van der Waals surface area contributed by atoms with E-state index in [1.54, 1.807) is 47.6 Å². The first-order valence-corrected chi connectivity index (χ1v) is 12.1. The number of carbonyl (C=O) groups excluding carboxylic acids is 4. The van der Waals surface area contributed by atoms with Crippen molar-refractivity contribution in [2.45, 2.75) is 12.1 Å². The van der Waals surface area contributed by atoms with E-state index in [1.807, 2.05) is 24.3 Å².